The van der Waals surface area contributed by atoms with Gasteiger partial charge in [0.05, 0.1) is 19.1 Å². The van der Waals surface area contributed by atoms with Crippen LogP contribution in [0.5, 0.6) is 0 Å². The van der Waals surface area contributed by atoms with Crippen LogP contribution in [0.25, 0.3) is 0 Å². The topological polar surface area (TPSA) is 35.5 Å². The van der Waals surface area contributed by atoms with E-state index >= 15 is 0 Å². The zero-order valence-corrected chi connectivity index (χ0v) is 19.5. The minimum atomic E-state index is -1.91. The highest BCUT2D eigenvalue weighted by atomic mass is 32.2. The molecule has 0 saturated carbocycles. The SMILES string of the molecule is CCOC(=O)C[C@H](C)[C@@H](CSc1ccc(C)cc1)O[Si](C)(C)C(C)(C)C. The number of rotatable bonds is 9. The first-order valence-corrected chi connectivity index (χ1v) is 13.4. The van der Waals surface area contributed by atoms with Gasteiger partial charge in [-0.1, -0.05) is 45.4 Å². The van der Waals surface area contributed by atoms with Crippen LogP contribution >= 0.6 is 11.8 Å². The number of benzene rings is 1. The van der Waals surface area contributed by atoms with Crippen molar-refractivity contribution in [1.29, 1.82) is 0 Å². The molecule has 0 spiro atoms. The molecule has 1 rings (SSSR count). The van der Waals surface area contributed by atoms with Crippen molar-refractivity contribution < 1.29 is 14.0 Å². The van der Waals surface area contributed by atoms with Crippen molar-refractivity contribution in [3.63, 3.8) is 0 Å². The van der Waals surface area contributed by atoms with E-state index in [-0.39, 0.29) is 23.0 Å². The summed E-state index contributed by atoms with van der Waals surface area (Å²) in [5.74, 6) is 0.834. The van der Waals surface area contributed by atoms with E-state index in [9.17, 15) is 4.79 Å². The predicted molar refractivity (Wildman–Crippen MR) is 114 cm³/mol. The van der Waals surface area contributed by atoms with Crippen LogP contribution in [0.4, 0.5) is 0 Å². The predicted octanol–water partition coefficient (Wildman–Crippen LogP) is 6.07. The zero-order valence-electron chi connectivity index (χ0n) is 17.7. The van der Waals surface area contributed by atoms with E-state index in [1.165, 1.54) is 10.5 Å². The fourth-order valence-electron chi connectivity index (χ4n) is 2.30. The lowest BCUT2D eigenvalue weighted by Gasteiger charge is -2.40. The Morgan fingerprint density at radius 3 is 2.27 bits per heavy atom. The number of carbonyl (C=O) groups excluding carboxylic acids is 1. The molecule has 3 nitrogen and oxygen atoms in total. The van der Waals surface area contributed by atoms with Crippen molar-refractivity contribution in [2.45, 2.75) is 77.1 Å². The summed E-state index contributed by atoms with van der Waals surface area (Å²) in [6.45, 7) is 17.8. The Kier molecular flexibility index (Phi) is 8.90. The van der Waals surface area contributed by atoms with Gasteiger partial charge in [0, 0.05) is 10.6 Å². The summed E-state index contributed by atoms with van der Waals surface area (Å²) in [6, 6.07) is 8.57. The van der Waals surface area contributed by atoms with Gasteiger partial charge in [-0.15, -0.1) is 11.8 Å². The Bertz CT molecular complexity index is 564. The number of aryl methyl sites for hydroxylation is 1. The molecule has 1 aromatic carbocycles. The van der Waals surface area contributed by atoms with Crippen LogP contribution in [0.2, 0.25) is 18.1 Å². The maximum absolute atomic E-state index is 12.0. The molecule has 0 radical (unpaired) electrons. The van der Waals surface area contributed by atoms with Crippen LogP contribution in [-0.2, 0) is 14.0 Å². The quantitative estimate of drug-likeness (QED) is 0.288. The zero-order chi connectivity index (χ0) is 20.0. The maximum Gasteiger partial charge on any atom is 0.306 e. The summed E-state index contributed by atoms with van der Waals surface area (Å²) in [7, 11) is -1.91. The second-order valence-corrected chi connectivity index (χ2v) is 14.4. The highest BCUT2D eigenvalue weighted by Crippen LogP contribution is 2.39. The fourth-order valence-corrected chi connectivity index (χ4v) is 4.93. The molecule has 148 valence electrons. The lowest BCUT2D eigenvalue weighted by Crippen LogP contribution is -2.46. The van der Waals surface area contributed by atoms with Crippen LogP contribution in [0, 0.1) is 12.8 Å². The van der Waals surface area contributed by atoms with Gasteiger partial charge >= 0.3 is 5.97 Å². The van der Waals surface area contributed by atoms with Gasteiger partial charge in [0.1, 0.15) is 0 Å². The first-order valence-electron chi connectivity index (χ1n) is 9.49. The average Bonchev–Trinajstić information content (AvgIpc) is 2.51. The van der Waals surface area contributed by atoms with Crippen molar-refractivity contribution in [1.82, 2.24) is 0 Å². The average molecular weight is 397 g/mol. The van der Waals surface area contributed by atoms with Gasteiger partial charge in [-0.3, -0.25) is 4.79 Å². The molecule has 0 saturated heterocycles. The summed E-state index contributed by atoms with van der Waals surface area (Å²) in [6.07, 6.45) is 0.438. The summed E-state index contributed by atoms with van der Waals surface area (Å²) < 4.78 is 11.8. The van der Waals surface area contributed by atoms with Crippen LogP contribution in [0.1, 0.15) is 46.6 Å². The van der Waals surface area contributed by atoms with Gasteiger partial charge in [0.15, 0.2) is 8.32 Å². The molecule has 0 heterocycles. The number of carbonyl (C=O) groups is 1. The van der Waals surface area contributed by atoms with Gasteiger partial charge in [-0.25, -0.2) is 0 Å². The van der Waals surface area contributed by atoms with Gasteiger partial charge < -0.3 is 9.16 Å². The standard InChI is InChI=1S/C21H36O3SSi/c1-9-23-20(22)14-17(3)19(24-26(7,8)21(4,5)6)15-25-18-12-10-16(2)11-13-18/h10-13,17,19H,9,14-15H2,1-8H3/t17-,19+/m0/s1. The number of hydrogen-bond acceptors (Lipinski definition) is 4. The molecular weight excluding hydrogens is 360 g/mol. The monoisotopic (exact) mass is 396 g/mol. The van der Waals surface area contributed by atoms with Crippen molar-refractivity contribution >= 4 is 26.0 Å². The first-order chi connectivity index (χ1) is 12.0. The Morgan fingerprint density at radius 2 is 1.77 bits per heavy atom. The van der Waals surface area contributed by atoms with Gasteiger partial charge in [0.25, 0.3) is 0 Å². The number of ether oxygens (including phenoxy) is 1. The minimum Gasteiger partial charge on any atom is -0.466 e. The first kappa shape index (κ1) is 23.3. The second-order valence-electron chi connectivity index (χ2n) is 8.53. The molecule has 0 N–H and O–H groups in total. The van der Waals surface area contributed by atoms with E-state index in [2.05, 4.69) is 72.0 Å². The third-order valence-electron chi connectivity index (χ3n) is 5.12. The maximum atomic E-state index is 12.0. The lowest BCUT2D eigenvalue weighted by molar-refractivity contribution is -0.144. The van der Waals surface area contributed by atoms with E-state index in [0.29, 0.717) is 13.0 Å². The molecule has 0 aliphatic rings. The Morgan fingerprint density at radius 1 is 1.19 bits per heavy atom. The highest BCUT2D eigenvalue weighted by molar-refractivity contribution is 7.99. The summed E-state index contributed by atoms with van der Waals surface area (Å²) >= 11 is 1.80. The van der Waals surface area contributed by atoms with E-state index in [0.717, 1.165) is 5.75 Å². The summed E-state index contributed by atoms with van der Waals surface area (Å²) in [5, 5.41) is 0.142. The molecule has 0 bridgehead atoms. The molecule has 26 heavy (non-hydrogen) atoms. The lowest BCUT2D eigenvalue weighted by atomic mass is 10.0. The molecule has 0 aromatic heterocycles. The van der Waals surface area contributed by atoms with Crippen molar-refractivity contribution in [3.8, 4) is 0 Å². The Hall–Kier alpha value is -0.783. The van der Waals surface area contributed by atoms with E-state index in [4.69, 9.17) is 9.16 Å². The molecule has 0 fully saturated rings. The van der Waals surface area contributed by atoms with E-state index < -0.39 is 8.32 Å². The summed E-state index contributed by atoms with van der Waals surface area (Å²) in [4.78, 5) is 13.2. The second kappa shape index (κ2) is 9.95. The number of hydrogen-bond donors (Lipinski definition) is 0. The molecule has 5 heteroatoms. The third-order valence-corrected chi connectivity index (χ3v) is 10.7. The van der Waals surface area contributed by atoms with Crippen LogP contribution in [-0.4, -0.2) is 32.8 Å². The molecule has 2 atom stereocenters. The minimum absolute atomic E-state index is 0.0339. The third kappa shape index (κ3) is 7.45. The molecule has 0 amide bonds. The number of thioether (sulfide) groups is 1. The van der Waals surface area contributed by atoms with Crippen molar-refractivity contribution in [2.75, 3.05) is 12.4 Å². The molecule has 0 unspecified atom stereocenters. The van der Waals surface area contributed by atoms with Crippen LogP contribution in [0.15, 0.2) is 29.2 Å². The normalized spacial score (nSPS) is 14.8. The van der Waals surface area contributed by atoms with E-state index in [1.54, 1.807) is 11.8 Å². The van der Waals surface area contributed by atoms with Crippen molar-refractivity contribution in [3.05, 3.63) is 29.8 Å². The van der Waals surface area contributed by atoms with Gasteiger partial charge in [-0.2, -0.15) is 0 Å². The molecular formula is C21H36O3SSi. The van der Waals surface area contributed by atoms with Crippen molar-refractivity contribution in [2.24, 2.45) is 5.92 Å². The fraction of sp³-hybridized carbons (Fsp3) is 0.667. The van der Waals surface area contributed by atoms with E-state index in [1.807, 2.05) is 6.92 Å². The largest absolute Gasteiger partial charge is 0.466 e. The Labute approximate surface area is 165 Å². The highest BCUT2D eigenvalue weighted by Gasteiger charge is 2.40. The smallest absolute Gasteiger partial charge is 0.306 e. The van der Waals surface area contributed by atoms with Crippen LogP contribution < -0.4 is 0 Å². The molecule has 1 aromatic rings. The number of esters is 1. The molecule has 0 aliphatic carbocycles. The van der Waals surface area contributed by atoms with Gasteiger partial charge in [0.2, 0.25) is 0 Å². The van der Waals surface area contributed by atoms with Gasteiger partial charge in [-0.05, 0) is 50.0 Å². The van der Waals surface area contributed by atoms with Crippen LogP contribution in [0.3, 0.4) is 0 Å². The summed E-state index contributed by atoms with van der Waals surface area (Å²) in [5.41, 5.74) is 1.26. The molecule has 0 aliphatic heterocycles. The Balaban J connectivity index is 2.86.